The van der Waals surface area contributed by atoms with Crippen molar-refractivity contribution < 1.29 is 4.79 Å². The summed E-state index contributed by atoms with van der Waals surface area (Å²) in [5.74, 6) is -0.482. The molecule has 1 aromatic rings. The van der Waals surface area contributed by atoms with Gasteiger partial charge in [0.1, 0.15) is 0 Å². The maximum absolute atomic E-state index is 10.9. The molecule has 0 saturated heterocycles. The van der Waals surface area contributed by atoms with Gasteiger partial charge < -0.3 is 5.73 Å². The normalized spacial score (nSPS) is 12.8. The fourth-order valence-corrected chi connectivity index (χ4v) is 1.22. The highest BCUT2D eigenvalue weighted by Crippen LogP contribution is 2.17. The number of hydrogen-bond donors (Lipinski definition) is 1. The number of carbonyl (C=O) groups excluding carboxylic acids is 1. The van der Waals surface area contributed by atoms with Gasteiger partial charge in [0.05, 0.1) is 12.1 Å². The van der Waals surface area contributed by atoms with Gasteiger partial charge in [0.2, 0.25) is 5.91 Å². The summed E-state index contributed by atoms with van der Waals surface area (Å²) in [4.78, 5) is 10.9. The van der Waals surface area contributed by atoms with Crippen molar-refractivity contribution in [3.63, 3.8) is 0 Å². The molecule has 0 aliphatic heterocycles. The van der Waals surface area contributed by atoms with E-state index in [2.05, 4.69) is 5.10 Å². The molecule has 1 rings (SSSR count). The third-order valence-corrected chi connectivity index (χ3v) is 1.88. The first-order chi connectivity index (χ1) is 5.65. The minimum absolute atomic E-state index is 0.196. The van der Waals surface area contributed by atoms with Crippen LogP contribution in [0.25, 0.3) is 0 Å². The zero-order valence-electron chi connectivity index (χ0n) is 7.32. The first kappa shape index (κ1) is 8.77. The number of aromatic nitrogens is 2. The van der Waals surface area contributed by atoms with E-state index in [0.717, 1.165) is 12.0 Å². The van der Waals surface area contributed by atoms with Crippen LogP contribution >= 0.6 is 0 Å². The Labute approximate surface area is 71.4 Å². The molecule has 0 aliphatic carbocycles. The van der Waals surface area contributed by atoms with Gasteiger partial charge in [-0.3, -0.25) is 9.48 Å². The molecule has 0 saturated carbocycles. The molecule has 0 aromatic carbocycles. The second kappa shape index (κ2) is 3.38. The summed E-state index contributed by atoms with van der Waals surface area (Å²) in [7, 11) is 1.82. The molecular formula is C8H13N3O. The minimum atomic E-state index is -0.287. The van der Waals surface area contributed by atoms with E-state index in [9.17, 15) is 4.79 Å². The second-order valence-electron chi connectivity index (χ2n) is 2.81. The number of aryl methyl sites for hydroxylation is 1. The molecular weight excluding hydrogens is 154 g/mol. The Morgan fingerprint density at radius 2 is 2.50 bits per heavy atom. The number of amides is 1. The van der Waals surface area contributed by atoms with E-state index in [1.54, 1.807) is 10.9 Å². The molecule has 1 unspecified atom stereocenters. The summed E-state index contributed by atoms with van der Waals surface area (Å²) < 4.78 is 1.67. The van der Waals surface area contributed by atoms with Gasteiger partial charge in [-0.1, -0.05) is 6.92 Å². The number of rotatable bonds is 3. The Kier molecular flexibility index (Phi) is 2.47. The summed E-state index contributed by atoms with van der Waals surface area (Å²) in [6, 6.07) is 0. The summed E-state index contributed by atoms with van der Waals surface area (Å²) in [6.45, 7) is 1.93. The Hall–Kier alpha value is -1.32. The smallest absolute Gasteiger partial charge is 0.225 e. The van der Waals surface area contributed by atoms with Crippen molar-refractivity contribution in [1.29, 1.82) is 0 Å². The van der Waals surface area contributed by atoms with Crippen LogP contribution in [0.5, 0.6) is 0 Å². The first-order valence-electron chi connectivity index (χ1n) is 3.93. The fraction of sp³-hybridized carbons (Fsp3) is 0.500. The number of nitrogens with zero attached hydrogens (tertiary/aromatic N) is 2. The zero-order chi connectivity index (χ0) is 9.14. The molecule has 1 aromatic heterocycles. The van der Waals surface area contributed by atoms with Crippen molar-refractivity contribution in [2.45, 2.75) is 19.3 Å². The Balaban J connectivity index is 2.87. The SMILES string of the molecule is CCC(C(N)=O)c1cnn(C)c1. The van der Waals surface area contributed by atoms with E-state index >= 15 is 0 Å². The molecule has 1 amide bonds. The van der Waals surface area contributed by atoms with Crippen molar-refractivity contribution in [1.82, 2.24) is 9.78 Å². The summed E-state index contributed by atoms with van der Waals surface area (Å²) in [5, 5.41) is 3.98. The molecule has 2 N–H and O–H groups in total. The van der Waals surface area contributed by atoms with Gasteiger partial charge >= 0.3 is 0 Å². The van der Waals surface area contributed by atoms with E-state index in [1.165, 1.54) is 0 Å². The highest BCUT2D eigenvalue weighted by molar-refractivity contribution is 5.81. The monoisotopic (exact) mass is 167 g/mol. The highest BCUT2D eigenvalue weighted by atomic mass is 16.1. The van der Waals surface area contributed by atoms with Crippen molar-refractivity contribution >= 4 is 5.91 Å². The average molecular weight is 167 g/mol. The first-order valence-corrected chi connectivity index (χ1v) is 3.93. The predicted molar refractivity (Wildman–Crippen MR) is 45.4 cm³/mol. The van der Waals surface area contributed by atoms with Crippen LogP contribution in [0.2, 0.25) is 0 Å². The lowest BCUT2D eigenvalue weighted by Crippen LogP contribution is -2.20. The van der Waals surface area contributed by atoms with E-state index < -0.39 is 0 Å². The van der Waals surface area contributed by atoms with E-state index in [0.29, 0.717) is 0 Å². The lowest BCUT2D eigenvalue weighted by Gasteiger charge is -2.06. The summed E-state index contributed by atoms with van der Waals surface area (Å²) in [5.41, 5.74) is 6.11. The van der Waals surface area contributed by atoms with Crippen molar-refractivity contribution in [2.24, 2.45) is 12.8 Å². The Morgan fingerprint density at radius 3 is 2.83 bits per heavy atom. The number of carbonyl (C=O) groups is 1. The molecule has 0 radical (unpaired) electrons. The van der Waals surface area contributed by atoms with Gasteiger partial charge in [0.15, 0.2) is 0 Å². The summed E-state index contributed by atoms with van der Waals surface area (Å²) >= 11 is 0. The molecule has 12 heavy (non-hydrogen) atoms. The quantitative estimate of drug-likeness (QED) is 0.708. The number of nitrogens with two attached hydrogens (primary N) is 1. The van der Waals surface area contributed by atoms with Crippen LogP contribution < -0.4 is 5.73 Å². The van der Waals surface area contributed by atoms with Crippen LogP contribution in [-0.2, 0) is 11.8 Å². The molecule has 1 atom stereocenters. The molecule has 0 aliphatic rings. The van der Waals surface area contributed by atoms with Crippen LogP contribution in [-0.4, -0.2) is 15.7 Å². The highest BCUT2D eigenvalue weighted by Gasteiger charge is 2.16. The van der Waals surface area contributed by atoms with Gasteiger partial charge in [-0.15, -0.1) is 0 Å². The molecule has 1 heterocycles. The van der Waals surface area contributed by atoms with Crippen LogP contribution in [0, 0.1) is 0 Å². The molecule has 0 fully saturated rings. The Bertz CT molecular complexity index is 280. The molecule has 0 bridgehead atoms. The lowest BCUT2D eigenvalue weighted by molar-refractivity contribution is -0.119. The van der Waals surface area contributed by atoms with Gasteiger partial charge in [-0.2, -0.15) is 5.10 Å². The Morgan fingerprint density at radius 1 is 1.83 bits per heavy atom. The molecule has 66 valence electrons. The zero-order valence-corrected chi connectivity index (χ0v) is 7.32. The van der Waals surface area contributed by atoms with Crippen molar-refractivity contribution in [3.8, 4) is 0 Å². The number of primary amides is 1. The molecule has 0 spiro atoms. The summed E-state index contributed by atoms with van der Waals surface area (Å²) in [6.07, 6.45) is 4.22. The van der Waals surface area contributed by atoms with Gasteiger partial charge in [0.25, 0.3) is 0 Å². The lowest BCUT2D eigenvalue weighted by atomic mass is 9.99. The third kappa shape index (κ3) is 1.64. The fourth-order valence-electron chi connectivity index (χ4n) is 1.22. The van der Waals surface area contributed by atoms with Crippen LogP contribution in [0.3, 0.4) is 0 Å². The van der Waals surface area contributed by atoms with E-state index in [1.807, 2.05) is 20.2 Å². The van der Waals surface area contributed by atoms with Crippen LogP contribution in [0.1, 0.15) is 24.8 Å². The molecule has 4 nitrogen and oxygen atoms in total. The minimum Gasteiger partial charge on any atom is -0.369 e. The van der Waals surface area contributed by atoms with Crippen LogP contribution in [0.4, 0.5) is 0 Å². The maximum atomic E-state index is 10.9. The topological polar surface area (TPSA) is 60.9 Å². The maximum Gasteiger partial charge on any atom is 0.225 e. The number of hydrogen-bond acceptors (Lipinski definition) is 2. The largest absolute Gasteiger partial charge is 0.369 e. The van der Waals surface area contributed by atoms with Crippen molar-refractivity contribution in [3.05, 3.63) is 18.0 Å². The second-order valence-corrected chi connectivity index (χ2v) is 2.81. The van der Waals surface area contributed by atoms with Crippen molar-refractivity contribution in [2.75, 3.05) is 0 Å². The average Bonchev–Trinajstić information content (AvgIpc) is 2.37. The van der Waals surface area contributed by atoms with E-state index in [-0.39, 0.29) is 11.8 Å². The van der Waals surface area contributed by atoms with Crippen LogP contribution in [0.15, 0.2) is 12.4 Å². The standard InChI is InChI=1S/C8H13N3O/c1-3-7(8(9)12)6-4-10-11(2)5-6/h4-5,7H,3H2,1-2H3,(H2,9,12). The van der Waals surface area contributed by atoms with Gasteiger partial charge in [-0.25, -0.2) is 0 Å². The predicted octanol–water partition coefficient (Wildman–Crippen LogP) is 0.399. The van der Waals surface area contributed by atoms with E-state index in [4.69, 9.17) is 5.73 Å². The van der Waals surface area contributed by atoms with Gasteiger partial charge in [-0.05, 0) is 6.42 Å². The van der Waals surface area contributed by atoms with Gasteiger partial charge in [0, 0.05) is 18.8 Å². The molecule has 4 heteroatoms. The third-order valence-electron chi connectivity index (χ3n) is 1.88.